The van der Waals surface area contributed by atoms with Gasteiger partial charge in [0.15, 0.2) is 0 Å². The quantitative estimate of drug-likeness (QED) is 0.570. The van der Waals surface area contributed by atoms with Crippen molar-refractivity contribution < 1.29 is 8.78 Å². The molecule has 0 fully saturated rings. The Morgan fingerprint density at radius 1 is 1.00 bits per heavy atom. The van der Waals surface area contributed by atoms with Crippen LogP contribution in [0.1, 0.15) is 33.3 Å². The number of hydrogen-bond acceptors (Lipinski definition) is 1. The lowest BCUT2D eigenvalue weighted by molar-refractivity contribution is 0.593. The van der Waals surface area contributed by atoms with E-state index in [0.29, 0.717) is 10.1 Å². The lowest BCUT2D eigenvalue weighted by Crippen LogP contribution is -1.79. The Morgan fingerprint density at radius 2 is 1.56 bits per heavy atom. The average Bonchev–Trinajstić information content (AvgIpc) is 2.67. The van der Waals surface area contributed by atoms with Crippen LogP contribution in [-0.2, 0) is 0 Å². The first-order valence-corrected chi connectivity index (χ1v) is 6.39. The molecule has 0 aliphatic rings. The van der Waals surface area contributed by atoms with Crippen LogP contribution >= 0.6 is 11.3 Å². The van der Waals surface area contributed by atoms with E-state index in [2.05, 4.69) is 0 Å². The van der Waals surface area contributed by atoms with Crippen LogP contribution in [0, 0.1) is 18.6 Å². The summed E-state index contributed by atoms with van der Waals surface area (Å²) in [6.07, 6.45) is 0. The van der Waals surface area contributed by atoms with Crippen molar-refractivity contribution in [1.82, 2.24) is 0 Å². The van der Waals surface area contributed by atoms with E-state index in [1.807, 2.05) is 40.0 Å². The van der Waals surface area contributed by atoms with Gasteiger partial charge in [0.1, 0.15) is 11.6 Å². The molecule has 2 aromatic rings. The maximum atomic E-state index is 13.0. The Kier molecular flexibility index (Phi) is 6.90. The summed E-state index contributed by atoms with van der Waals surface area (Å²) >= 11 is 1.31. The first-order chi connectivity index (χ1) is 7.68. The minimum atomic E-state index is -0.512. The zero-order valence-electron chi connectivity index (χ0n) is 10.4. The second kappa shape index (κ2) is 7.34. The van der Waals surface area contributed by atoms with Crippen molar-refractivity contribution in [3.05, 3.63) is 34.7 Å². The number of halogens is 2. The number of hydrogen-bond donors (Lipinski definition) is 0. The van der Waals surface area contributed by atoms with E-state index in [1.54, 1.807) is 0 Å². The Hall–Kier alpha value is -0.960. The van der Waals surface area contributed by atoms with Gasteiger partial charge in [-0.25, -0.2) is 8.78 Å². The SMILES string of the molecule is CC.CC.Cc1csc2c(F)cc(F)cc12. The van der Waals surface area contributed by atoms with E-state index in [9.17, 15) is 8.78 Å². The third kappa shape index (κ3) is 3.27. The lowest BCUT2D eigenvalue weighted by atomic mass is 10.2. The van der Waals surface area contributed by atoms with Crippen molar-refractivity contribution in [1.29, 1.82) is 0 Å². The molecule has 0 saturated heterocycles. The smallest absolute Gasteiger partial charge is 0.143 e. The number of fused-ring (bicyclic) bond motifs is 1. The normalized spacial score (nSPS) is 8.94. The maximum Gasteiger partial charge on any atom is 0.143 e. The van der Waals surface area contributed by atoms with Crippen LogP contribution in [-0.4, -0.2) is 0 Å². The van der Waals surface area contributed by atoms with Gasteiger partial charge in [0.2, 0.25) is 0 Å². The predicted molar refractivity (Wildman–Crippen MR) is 69.2 cm³/mol. The standard InChI is InChI=1S/C9H6F2S.2C2H6/c1-5-4-12-9-7(5)2-6(10)3-8(9)11;2*1-2/h2-4H,1H3;2*1-2H3. The third-order valence-electron chi connectivity index (χ3n) is 1.79. The van der Waals surface area contributed by atoms with Crippen molar-refractivity contribution in [3.63, 3.8) is 0 Å². The fraction of sp³-hybridized carbons (Fsp3) is 0.385. The Bertz CT molecular complexity index is 433. The molecule has 0 unspecified atom stereocenters. The van der Waals surface area contributed by atoms with Crippen LogP contribution in [0.2, 0.25) is 0 Å². The Morgan fingerprint density at radius 3 is 2.12 bits per heavy atom. The zero-order chi connectivity index (χ0) is 12.7. The zero-order valence-corrected chi connectivity index (χ0v) is 11.2. The molecule has 90 valence electrons. The monoisotopic (exact) mass is 244 g/mol. The van der Waals surface area contributed by atoms with Gasteiger partial charge in [-0.15, -0.1) is 11.3 Å². The van der Waals surface area contributed by atoms with Gasteiger partial charge in [-0.05, 0) is 23.9 Å². The molecule has 0 aliphatic carbocycles. The number of thiophene rings is 1. The van der Waals surface area contributed by atoms with E-state index in [1.165, 1.54) is 17.4 Å². The van der Waals surface area contributed by atoms with Gasteiger partial charge in [-0.2, -0.15) is 0 Å². The Balaban J connectivity index is 0.000000509. The third-order valence-corrected chi connectivity index (χ3v) is 2.91. The summed E-state index contributed by atoms with van der Waals surface area (Å²) in [5, 5.41) is 2.50. The molecule has 3 heteroatoms. The molecular weight excluding hydrogens is 226 g/mol. The van der Waals surface area contributed by atoms with Gasteiger partial charge in [0.05, 0.1) is 4.70 Å². The average molecular weight is 244 g/mol. The number of aryl methyl sites for hydroxylation is 1. The fourth-order valence-electron chi connectivity index (χ4n) is 1.18. The minimum Gasteiger partial charge on any atom is -0.207 e. The highest BCUT2D eigenvalue weighted by molar-refractivity contribution is 7.17. The number of rotatable bonds is 0. The predicted octanol–water partition coefficient (Wildman–Crippen LogP) is 5.54. The summed E-state index contributed by atoms with van der Waals surface area (Å²) in [5.74, 6) is -0.982. The summed E-state index contributed by atoms with van der Waals surface area (Å²) < 4.78 is 26.3. The first kappa shape index (κ1) is 15.0. The molecule has 16 heavy (non-hydrogen) atoms. The summed E-state index contributed by atoms with van der Waals surface area (Å²) in [6, 6.07) is 2.28. The van der Waals surface area contributed by atoms with Crippen molar-refractivity contribution in [2.75, 3.05) is 0 Å². The summed E-state index contributed by atoms with van der Waals surface area (Å²) in [7, 11) is 0. The van der Waals surface area contributed by atoms with Gasteiger partial charge in [-0.3, -0.25) is 0 Å². The summed E-state index contributed by atoms with van der Waals surface area (Å²) in [6.45, 7) is 9.84. The van der Waals surface area contributed by atoms with Crippen molar-refractivity contribution in [2.45, 2.75) is 34.6 Å². The molecule has 0 nitrogen and oxygen atoms in total. The van der Waals surface area contributed by atoms with Crippen molar-refractivity contribution >= 4 is 21.4 Å². The first-order valence-electron chi connectivity index (χ1n) is 5.51. The van der Waals surface area contributed by atoms with E-state index in [0.717, 1.165) is 11.6 Å². The molecule has 0 atom stereocenters. The second-order valence-corrected chi connectivity index (χ2v) is 3.56. The topological polar surface area (TPSA) is 0 Å². The minimum absolute atomic E-state index is 0.469. The van der Waals surface area contributed by atoms with E-state index in [4.69, 9.17) is 0 Å². The summed E-state index contributed by atoms with van der Waals surface area (Å²) in [5.41, 5.74) is 0.924. The molecule has 1 aromatic heterocycles. The van der Waals surface area contributed by atoms with E-state index < -0.39 is 11.6 Å². The molecule has 0 N–H and O–H groups in total. The molecule has 1 heterocycles. The molecule has 0 radical (unpaired) electrons. The highest BCUT2D eigenvalue weighted by Crippen LogP contribution is 2.28. The van der Waals surface area contributed by atoms with E-state index in [-0.39, 0.29) is 0 Å². The van der Waals surface area contributed by atoms with Gasteiger partial charge >= 0.3 is 0 Å². The van der Waals surface area contributed by atoms with Gasteiger partial charge < -0.3 is 0 Å². The largest absolute Gasteiger partial charge is 0.207 e. The van der Waals surface area contributed by atoms with Crippen molar-refractivity contribution in [2.24, 2.45) is 0 Å². The van der Waals surface area contributed by atoms with Gasteiger partial charge in [0.25, 0.3) is 0 Å². The Labute approximate surface area is 99.9 Å². The van der Waals surface area contributed by atoms with Crippen LogP contribution in [0.15, 0.2) is 17.5 Å². The van der Waals surface area contributed by atoms with Crippen LogP contribution in [0.25, 0.3) is 10.1 Å². The molecular formula is C13H18F2S. The molecule has 0 bridgehead atoms. The lowest BCUT2D eigenvalue weighted by Gasteiger charge is -1.93. The van der Waals surface area contributed by atoms with Crippen LogP contribution in [0.3, 0.4) is 0 Å². The van der Waals surface area contributed by atoms with Gasteiger partial charge in [-0.1, -0.05) is 27.7 Å². The number of benzene rings is 1. The maximum absolute atomic E-state index is 13.0. The molecule has 0 aliphatic heterocycles. The molecule has 2 rings (SSSR count). The van der Waals surface area contributed by atoms with Crippen molar-refractivity contribution in [3.8, 4) is 0 Å². The molecule has 0 amide bonds. The molecule has 0 saturated carbocycles. The summed E-state index contributed by atoms with van der Waals surface area (Å²) in [4.78, 5) is 0. The molecule has 0 spiro atoms. The fourth-order valence-corrected chi connectivity index (χ4v) is 2.12. The highest BCUT2D eigenvalue weighted by Gasteiger charge is 2.07. The van der Waals surface area contributed by atoms with Crippen LogP contribution in [0.4, 0.5) is 8.78 Å². The van der Waals surface area contributed by atoms with Gasteiger partial charge in [0, 0.05) is 11.5 Å². The van der Waals surface area contributed by atoms with Crippen LogP contribution < -0.4 is 0 Å². The molecule has 1 aromatic carbocycles. The van der Waals surface area contributed by atoms with E-state index >= 15 is 0 Å². The van der Waals surface area contributed by atoms with Crippen LogP contribution in [0.5, 0.6) is 0 Å². The highest BCUT2D eigenvalue weighted by atomic mass is 32.1. The second-order valence-electron chi connectivity index (χ2n) is 2.68.